The first-order valence-electron chi connectivity index (χ1n) is 8.25. The van der Waals surface area contributed by atoms with Gasteiger partial charge in [-0.3, -0.25) is 9.59 Å². The second kappa shape index (κ2) is 7.66. The molecule has 3 rings (SSSR count). The number of allylic oxidation sites excluding steroid dienone is 1. The van der Waals surface area contributed by atoms with Crippen molar-refractivity contribution >= 4 is 5.78 Å². The normalized spacial score (nSPS) is 10.3. The van der Waals surface area contributed by atoms with Gasteiger partial charge in [0.25, 0.3) is 5.56 Å². The molecule has 0 spiro atoms. The fourth-order valence-electron chi connectivity index (χ4n) is 2.96. The first-order chi connectivity index (χ1) is 12.7. The summed E-state index contributed by atoms with van der Waals surface area (Å²) in [5, 5.41) is 0. The van der Waals surface area contributed by atoms with Gasteiger partial charge in [0.2, 0.25) is 0 Å². The number of rotatable bonds is 6. The van der Waals surface area contributed by atoms with Crippen molar-refractivity contribution in [3.63, 3.8) is 0 Å². The zero-order chi connectivity index (χ0) is 18.5. The lowest BCUT2D eigenvalue weighted by molar-refractivity contribution is 0.103. The van der Waals surface area contributed by atoms with Crippen LogP contribution >= 0.6 is 0 Å². The van der Waals surface area contributed by atoms with E-state index in [9.17, 15) is 9.59 Å². The molecule has 0 unspecified atom stereocenters. The standard InChI is InChI=1S/C22H19NO3/c1-3-8-16-13-17(18-11-7-12-23-22(18)25)14-19(21(16)26-2)20(24)15-9-5-4-6-10-15/h3-7,9-14H,1,8H2,2H3,(H,23,25). The number of hydrogen-bond acceptors (Lipinski definition) is 3. The van der Waals surface area contributed by atoms with Crippen LogP contribution in [0.5, 0.6) is 5.75 Å². The van der Waals surface area contributed by atoms with Crippen LogP contribution < -0.4 is 10.3 Å². The van der Waals surface area contributed by atoms with Gasteiger partial charge in [-0.2, -0.15) is 0 Å². The van der Waals surface area contributed by atoms with Crippen molar-refractivity contribution < 1.29 is 9.53 Å². The number of ketones is 1. The van der Waals surface area contributed by atoms with Gasteiger partial charge in [-0.1, -0.05) is 36.4 Å². The minimum absolute atomic E-state index is 0.151. The van der Waals surface area contributed by atoms with Gasteiger partial charge in [0.15, 0.2) is 5.78 Å². The molecule has 0 fully saturated rings. The van der Waals surface area contributed by atoms with E-state index >= 15 is 0 Å². The van der Waals surface area contributed by atoms with Gasteiger partial charge < -0.3 is 9.72 Å². The van der Waals surface area contributed by atoms with E-state index in [0.717, 1.165) is 5.56 Å². The molecule has 130 valence electrons. The molecule has 1 aromatic heterocycles. The van der Waals surface area contributed by atoms with Crippen molar-refractivity contribution in [3.8, 4) is 16.9 Å². The monoisotopic (exact) mass is 345 g/mol. The first kappa shape index (κ1) is 17.4. The molecule has 2 aromatic carbocycles. The fraction of sp³-hybridized carbons (Fsp3) is 0.0909. The number of benzene rings is 2. The molecule has 0 saturated heterocycles. The number of nitrogens with one attached hydrogen (secondary N) is 1. The third-order valence-corrected chi connectivity index (χ3v) is 4.14. The van der Waals surface area contributed by atoms with Crippen molar-refractivity contribution in [3.05, 3.63) is 100 Å². The molecule has 4 heteroatoms. The quantitative estimate of drug-likeness (QED) is 0.542. The lowest BCUT2D eigenvalue weighted by Gasteiger charge is -2.15. The summed E-state index contributed by atoms with van der Waals surface area (Å²) < 4.78 is 5.54. The van der Waals surface area contributed by atoms with E-state index in [1.54, 1.807) is 49.7 Å². The van der Waals surface area contributed by atoms with Crippen molar-refractivity contribution in [2.24, 2.45) is 0 Å². The molecule has 0 aliphatic heterocycles. The maximum atomic E-state index is 13.1. The Bertz CT molecular complexity index is 1000. The van der Waals surface area contributed by atoms with Gasteiger partial charge >= 0.3 is 0 Å². The van der Waals surface area contributed by atoms with Crippen LogP contribution in [0.3, 0.4) is 0 Å². The summed E-state index contributed by atoms with van der Waals surface area (Å²) >= 11 is 0. The first-order valence-corrected chi connectivity index (χ1v) is 8.25. The van der Waals surface area contributed by atoms with Gasteiger partial charge in [0, 0.05) is 17.3 Å². The van der Waals surface area contributed by atoms with E-state index in [0.29, 0.717) is 34.4 Å². The van der Waals surface area contributed by atoms with Crippen LogP contribution in [-0.4, -0.2) is 17.9 Å². The maximum Gasteiger partial charge on any atom is 0.255 e. The molecule has 0 atom stereocenters. The Kier molecular flexibility index (Phi) is 5.13. The molecule has 0 bridgehead atoms. The minimum atomic E-state index is -0.208. The highest BCUT2D eigenvalue weighted by Crippen LogP contribution is 2.32. The highest BCUT2D eigenvalue weighted by atomic mass is 16.5. The van der Waals surface area contributed by atoms with E-state index in [-0.39, 0.29) is 11.3 Å². The number of ether oxygens (including phenoxy) is 1. The summed E-state index contributed by atoms with van der Waals surface area (Å²) in [5.41, 5.74) is 2.76. The fourth-order valence-corrected chi connectivity index (χ4v) is 2.96. The summed E-state index contributed by atoms with van der Waals surface area (Å²) in [6, 6.07) is 16.1. The summed E-state index contributed by atoms with van der Waals surface area (Å²) in [6.45, 7) is 3.78. The second-order valence-corrected chi connectivity index (χ2v) is 5.82. The van der Waals surface area contributed by atoms with E-state index in [2.05, 4.69) is 11.6 Å². The zero-order valence-electron chi connectivity index (χ0n) is 14.5. The van der Waals surface area contributed by atoms with E-state index < -0.39 is 0 Å². The van der Waals surface area contributed by atoms with Crippen LogP contribution in [0.15, 0.2) is 78.2 Å². The molecule has 1 N–H and O–H groups in total. The molecular weight excluding hydrogens is 326 g/mol. The molecule has 26 heavy (non-hydrogen) atoms. The van der Waals surface area contributed by atoms with Gasteiger partial charge in [-0.05, 0) is 41.8 Å². The summed E-state index contributed by atoms with van der Waals surface area (Å²) in [7, 11) is 1.54. The van der Waals surface area contributed by atoms with Gasteiger partial charge in [0.05, 0.1) is 12.7 Å². The summed E-state index contributed by atoms with van der Waals surface area (Å²) in [4.78, 5) is 27.9. The lowest BCUT2D eigenvalue weighted by Crippen LogP contribution is -2.10. The summed E-state index contributed by atoms with van der Waals surface area (Å²) in [6.07, 6.45) is 3.85. The highest BCUT2D eigenvalue weighted by molar-refractivity contribution is 6.11. The zero-order valence-corrected chi connectivity index (χ0v) is 14.5. The van der Waals surface area contributed by atoms with Crippen molar-refractivity contribution in [2.45, 2.75) is 6.42 Å². The Labute approximate surface area is 151 Å². The van der Waals surface area contributed by atoms with Crippen LogP contribution in [0.1, 0.15) is 21.5 Å². The topological polar surface area (TPSA) is 59.2 Å². The maximum absolute atomic E-state index is 13.1. The molecule has 0 aliphatic rings. The summed E-state index contributed by atoms with van der Waals surface area (Å²) in [5.74, 6) is 0.358. The van der Waals surface area contributed by atoms with Crippen LogP contribution in [0.4, 0.5) is 0 Å². The lowest BCUT2D eigenvalue weighted by atomic mass is 9.93. The highest BCUT2D eigenvalue weighted by Gasteiger charge is 2.20. The Morgan fingerprint density at radius 1 is 1.15 bits per heavy atom. The molecule has 0 aliphatic carbocycles. The molecule has 4 nitrogen and oxygen atoms in total. The predicted molar refractivity (Wildman–Crippen MR) is 103 cm³/mol. The Hall–Kier alpha value is -3.40. The Morgan fingerprint density at radius 2 is 1.92 bits per heavy atom. The number of aromatic nitrogens is 1. The van der Waals surface area contributed by atoms with Crippen LogP contribution in [-0.2, 0) is 6.42 Å². The molecule has 3 aromatic rings. The number of carbonyl (C=O) groups is 1. The molecule has 1 heterocycles. The average molecular weight is 345 g/mol. The van der Waals surface area contributed by atoms with Gasteiger partial charge in [-0.25, -0.2) is 0 Å². The van der Waals surface area contributed by atoms with E-state index in [1.165, 1.54) is 0 Å². The van der Waals surface area contributed by atoms with Crippen molar-refractivity contribution in [1.82, 2.24) is 4.98 Å². The molecular formula is C22H19NO3. The molecule has 0 saturated carbocycles. The number of hydrogen-bond donors (Lipinski definition) is 1. The second-order valence-electron chi connectivity index (χ2n) is 5.82. The molecule has 0 radical (unpaired) electrons. The third-order valence-electron chi connectivity index (χ3n) is 4.14. The smallest absolute Gasteiger partial charge is 0.255 e. The van der Waals surface area contributed by atoms with Crippen LogP contribution in [0, 0.1) is 0 Å². The van der Waals surface area contributed by atoms with Gasteiger partial charge in [-0.15, -0.1) is 6.58 Å². The number of carbonyl (C=O) groups excluding carboxylic acids is 1. The minimum Gasteiger partial charge on any atom is -0.496 e. The SMILES string of the molecule is C=CCc1cc(-c2ccc[nH]c2=O)cc(C(=O)c2ccccc2)c1OC. The van der Waals surface area contributed by atoms with Crippen molar-refractivity contribution in [2.75, 3.05) is 7.11 Å². The van der Waals surface area contributed by atoms with E-state index in [1.807, 2.05) is 24.3 Å². The largest absolute Gasteiger partial charge is 0.496 e. The van der Waals surface area contributed by atoms with Crippen LogP contribution in [0.2, 0.25) is 0 Å². The molecule has 0 amide bonds. The predicted octanol–water partition coefficient (Wildman–Crippen LogP) is 4.01. The Morgan fingerprint density at radius 3 is 2.58 bits per heavy atom. The van der Waals surface area contributed by atoms with Gasteiger partial charge in [0.1, 0.15) is 5.75 Å². The third kappa shape index (κ3) is 3.35. The number of methoxy groups -OCH3 is 1. The van der Waals surface area contributed by atoms with E-state index in [4.69, 9.17) is 4.74 Å². The number of H-pyrrole nitrogens is 1. The number of aromatic amines is 1. The number of pyridine rings is 1. The average Bonchev–Trinajstić information content (AvgIpc) is 2.68. The van der Waals surface area contributed by atoms with Crippen molar-refractivity contribution in [1.29, 1.82) is 0 Å². The van der Waals surface area contributed by atoms with Crippen LogP contribution in [0.25, 0.3) is 11.1 Å². The Balaban J connectivity index is 2.25.